The molecule has 0 amide bonds. The Labute approximate surface area is 526 Å². The van der Waals surface area contributed by atoms with Gasteiger partial charge in [-0.05, 0) is 62.4 Å². The van der Waals surface area contributed by atoms with Gasteiger partial charge in [-0.2, -0.15) is 0 Å². The smallest absolute Gasteiger partial charge is 0.602 e. The maximum Gasteiger partial charge on any atom is 2.00 e. The molecule has 0 saturated heterocycles. The molecule has 404 valence electrons. The summed E-state index contributed by atoms with van der Waals surface area (Å²) in [5.41, 5.74) is 85.6. The summed E-state index contributed by atoms with van der Waals surface area (Å²) in [7, 11) is 0. The molecule has 8 aliphatic heterocycles. The van der Waals surface area contributed by atoms with E-state index in [-0.39, 0.29) is 102 Å². The van der Waals surface area contributed by atoms with Gasteiger partial charge < -0.3 is 129 Å². The van der Waals surface area contributed by atoms with Crippen LogP contribution in [0.3, 0.4) is 0 Å². The second-order valence-electron chi connectivity index (χ2n) is 18.2. The number of para-hydroxylation sites is 16. The minimum atomic E-state index is -0.218. The fourth-order valence-corrected chi connectivity index (χ4v) is 9.69. The molecular formula is C54H54N24Zn4-6. The van der Waals surface area contributed by atoms with Gasteiger partial charge in [0, 0.05) is 104 Å². The van der Waals surface area contributed by atoms with E-state index in [9.17, 15) is 0 Å². The van der Waals surface area contributed by atoms with Gasteiger partial charge in [0.15, 0.2) is 0 Å². The van der Waals surface area contributed by atoms with Crippen LogP contribution in [-0.2, 0) is 77.9 Å². The summed E-state index contributed by atoms with van der Waals surface area (Å²) in [6.45, 7) is 4.43. The first kappa shape index (κ1) is 60.8. The number of rotatable bonds is 7. The molecule has 8 aromatic rings. The van der Waals surface area contributed by atoms with E-state index in [0.717, 1.165) is 91.0 Å². The number of hydrazine groups is 8. The van der Waals surface area contributed by atoms with E-state index in [1.54, 1.807) is 0 Å². The van der Waals surface area contributed by atoms with Gasteiger partial charge in [0.1, 0.15) is 0 Å². The molecule has 8 heterocycles. The average Bonchev–Trinajstić information content (AvgIpc) is 4.20. The topological polar surface area (TPSA) is 270 Å². The zero-order valence-electron chi connectivity index (χ0n) is 45.0. The fourth-order valence-electron chi connectivity index (χ4n) is 9.69. The van der Waals surface area contributed by atoms with E-state index in [1.165, 1.54) is 0 Å². The first-order valence-corrected chi connectivity index (χ1v) is 25.2. The summed E-state index contributed by atoms with van der Waals surface area (Å²) in [6, 6.07) is 63.4. The molecule has 0 radical (unpaired) electrons. The summed E-state index contributed by atoms with van der Waals surface area (Å²) in [5, 5.41) is 8.62. The number of hydrogen-bond donors (Lipinski definition) is 12. The molecule has 24 nitrogen and oxygen atoms in total. The predicted molar refractivity (Wildman–Crippen MR) is 312 cm³/mol. The summed E-state index contributed by atoms with van der Waals surface area (Å²) in [4.78, 5) is 0. The minimum Gasteiger partial charge on any atom is -0.602 e. The maximum absolute atomic E-state index is 4.70. The van der Waals surface area contributed by atoms with Gasteiger partial charge in [0.2, 0.25) is 0 Å². The summed E-state index contributed by atoms with van der Waals surface area (Å²) in [5.74, 6) is 0. The Hall–Kier alpha value is -7.27. The Morgan fingerprint density at radius 3 is 0.732 bits per heavy atom. The van der Waals surface area contributed by atoms with Crippen molar-refractivity contribution in [2.75, 3.05) is 41.7 Å². The van der Waals surface area contributed by atoms with E-state index in [4.69, 9.17) is 10.9 Å². The Morgan fingerprint density at radius 2 is 0.476 bits per heavy atom. The van der Waals surface area contributed by atoms with Gasteiger partial charge >= 0.3 is 19.5 Å². The third kappa shape index (κ3) is 13.1. The van der Waals surface area contributed by atoms with Crippen LogP contribution in [0.25, 0.3) is 43.4 Å². The summed E-state index contributed by atoms with van der Waals surface area (Å²) >= 11 is 0. The van der Waals surface area contributed by atoms with Gasteiger partial charge in [-0.1, -0.05) is 146 Å². The summed E-state index contributed by atoms with van der Waals surface area (Å²) in [6.07, 6.45) is 0. The second-order valence-corrected chi connectivity index (χ2v) is 18.2. The van der Waals surface area contributed by atoms with Crippen molar-refractivity contribution in [3.05, 3.63) is 238 Å². The number of nitrogens with zero attached hydrogens (tertiary/aromatic N) is 12. The number of nitrogens with one attached hydrogen (secondary N) is 12. The van der Waals surface area contributed by atoms with Crippen molar-refractivity contribution in [1.82, 2.24) is 44.3 Å². The SMILES string of the molecule is CC(C(C(C(C)N1N[N-]c2ccccc21)N1N[N-]c2ccccc21)N1N[N-]c2ccccc21)N1N[N-]c2ccccc21.[Zn+2].[Zn].[Zn].[Zn].c1ccc2c(c1)[N-]NN2.c1ccc2c(c1)[N-]NN2.c1ccc2c(c1)[N-]NN2.c1ccc2c(c1)[N-]NN2. The number of anilines is 8. The van der Waals surface area contributed by atoms with Gasteiger partial charge in [-0.25, -0.2) is 0 Å². The zero-order chi connectivity index (χ0) is 52.6. The van der Waals surface area contributed by atoms with Gasteiger partial charge in [0.25, 0.3) is 0 Å². The van der Waals surface area contributed by atoms with Crippen LogP contribution in [0.2, 0.25) is 0 Å². The Kier molecular flexibility index (Phi) is 21.2. The van der Waals surface area contributed by atoms with E-state index < -0.39 is 0 Å². The Bertz CT molecular complexity index is 2940. The van der Waals surface area contributed by atoms with Crippen molar-refractivity contribution < 1.29 is 77.9 Å². The second kappa shape index (κ2) is 28.6. The third-order valence-corrected chi connectivity index (χ3v) is 13.5. The first-order valence-electron chi connectivity index (χ1n) is 25.2. The Balaban J connectivity index is 0.000000175. The van der Waals surface area contributed by atoms with Crippen molar-refractivity contribution in [3.63, 3.8) is 0 Å². The first-order chi connectivity index (χ1) is 38.6. The van der Waals surface area contributed by atoms with Crippen molar-refractivity contribution in [1.29, 1.82) is 0 Å². The normalized spacial score (nSPS) is 15.8. The zero-order valence-corrected chi connectivity index (χ0v) is 56.8. The molecule has 0 fully saturated rings. The molecule has 0 bridgehead atoms. The van der Waals surface area contributed by atoms with E-state index in [1.807, 2.05) is 170 Å². The van der Waals surface area contributed by atoms with Crippen LogP contribution in [0.15, 0.2) is 194 Å². The molecule has 0 spiro atoms. The number of hydrogen-bond acceptors (Lipinski definition) is 16. The molecule has 0 aromatic heterocycles. The monoisotopic (exact) mass is 1290 g/mol. The number of benzene rings is 8. The largest absolute Gasteiger partial charge is 2.00 e. The average molecular weight is 1300 g/mol. The van der Waals surface area contributed by atoms with Crippen molar-refractivity contribution in [2.24, 2.45) is 0 Å². The molecule has 0 aliphatic carbocycles. The van der Waals surface area contributed by atoms with E-state index in [2.05, 4.69) is 157 Å². The van der Waals surface area contributed by atoms with Crippen LogP contribution in [0.1, 0.15) is 13.8 Å². The van der Waals surface area contributed by atoms with Crippen LogP contribution >= 0.6 is 0 Å². The minimum absolute atomic E-state index is 0. The van der Waals surface area contributed by atoms with Crippen LogP contribution < -0.4 is 86.0 Å². The molecule has 28 heteroatoms. The van der Waals surface area contributed by atoms with Crippen LogP contribution in [0.5, 0.6) is 0 Å². The molecule has 8 aromatic carbocycles. The number of fused-ring (bicyclic) bond motifs is 8. The quantitative estimate of drug-likeness (QED) is 0.0662. The van der Waals surface area contributed by atoms with Crippen LogP contribution in [0, 0.1) is 0 Å². The molecule has 8 aliphatic rings. The molecule has 82 heavy (non-hydrogen) atoms. The van der Waals surface area contributed by atoms with Crippen molar-refractivity contribution in [2.45, 2.75) is 38.0 Å². The molecular weight excluding hydrogens is 1250 g/mol. The van der Waals surface area contributed by atoms with Crippen LogP contribution in [-0.4, -0.2) is 24.2 Å². The molecule has 4 atom stereocenters. The standard InChI is InChI=1S/C30H30N12.4C6H6N3.4Zn/c1-19(39-25-15-7-3-11-21(25)31-35-39)29(41-27-17-9-5-13-23(27)33-37-41)30(42-28-18-10-6-14-24(28)34-38-42)20(2)40-26-16-8-4-12-22(26)32-36-40;4*1-2-4-6-5(3-1)7-9-8-6;;;;/h3-20,29-30,35-38H,1-2H3;4*1-4,7,9H;;;;/q-4;4*-1;;;;+2. The fraction of sp³-hybridized carbons (Fsp3) is 0.111. The summed E-state index contributed by atoms with van der Waals surface area (Å²) < 4.78 is 0. The van der Waals surface area contributed by atoms with E-state index in [0.29, 0.717) is 0 Å². The van der Waals surface area contributed by atoms with Gasteiger partial charge in [-0.15, -0.1) is 45.5 Å². The van der Waals surface area contributed by atoms with Crippen LogP contribution in [0.4, 0.5) is 91.0 Å². The van der Waals surface area contributed by atoms with Crippen molar-refractivity contribution in [3.8, 4) is 0 Å². The predicted octanol–water partition coefficient (Wildman–Crippen LogP) is 12.4. The third-order valence-electron chi connectivity index (χ3n) is 13.5. The van der Waals surface area contributed by atoms with Crippen molar-refractivity contribution >= 4 is 91.0 Å². The molecule has 16 rings (SSSR count). The maximum atomic E-state index is 4.70. The van der Waals surface area contributed by atoms with E-state index >= 15 is 0 Å². The van der Waals surface area contributed by atoms with Gasteiger partial charge in [0.05, 0.1) is 24.2 Å². The molecule has 12 N–H and O–H groups in total. The molecule has 0 saturated carbocycles. The molecule has 4 unspecified atom stereocenters. The van der Waals surface area contributed by atoms with Gasteiger partial charge in [-0.3, -0.25) is 0 Å². The Morgan fingerprint density at radius 1 is 0.268 bits per heavy atom.